The molecule has 1 amide bonds. The molecule has 2 heterocycles. The normalized spacial score (nSPS) is 18.2. The monoisotopic (exact) mass is 310 g/mol. The molecule has 1 aliphatic heterocycles. The van der Waals surface area contributed by atoms with Gasteiger partial charge in [-0.05, 0) is 37.0 Å². The number of nitrogens with zero attached hydrogens (tertiary/aromatic N) is 2. The fourth-order valence-electron chi connectivity index (χ4n) is 3.91. The minimum atomic E-state index is 0.185. The van der Waals surface area contributed by atoms with Gasteiger partial charge in [0.2, 0.25) is 5.91 Å². The van der Waals surface area contributed by atoms with Gasteiger partial charge >= 0.3 is 0 Å². The molecule has 4 rings (SSSR count). The Hall–Kier alpha value is -2.10. The lowest BCUT2D eigenvalue weighted by Gasteiger charge is -2.26. The number of para-hydroxylation sites is 1. The number of amides is 1. The zero-order chi connectivity index (χ0) is 15.8. The van der Waals surface area contributed by atoms with Gasteiger partial charge in [-0.2, -0.15) is 0 Å². The highest BCUT2D eigenvalue weighted by Crippen LogP contribution is 2.35. The molecule has 1 aliphatic carbocycles. The summed E-state index contributed by atoms with van der Waals surface area (Å²) in [7, 11) is 1.66. The van der Waals surface area contributed by atoms with Crippen LogP contribution in [-0.2, 0) is 11.2 Å². The number of carbonyl (C=O) groups excluding carboxylic acids is 1. The number of aromatic nitrogens is 1. The zero-order valence-corrected chi connectivity index (χ0v) is 13.5. The summed E-state index contributed by atoms with van der Waals surface area (Å²) in [6.07, 6.45) is 6.57. The van der Waals surface area contributed by atoms with E-state index in [0.29, 0.717) is 0 Å². The number of fused-ring (bicyclic) bond motifs is 2. The average molecular weight is 310 g/mol. The first-order chi connectivity index (χ1) is 11.3. The van der Waals surface area contributed by atoms with Gasteiger partial charge in [-0.15, -0.1) is 0 Å². The summed E-state index contributed by atoms with van der Waals surface area (Å²) >= 11 is 0. The predicted molar refractivity (Wildman–Crippen MR) is 90.9 cm³/mol. The van der Waals surface area contributed by atoms with Crippen molar-refractivity contribution >= 4 is 22.6 Å². The maximum absolute atomic E-state index is 12.9. The Balaban J connectivity index is 1.72. The molecule has 2 aliphatic rings. The van der Waals surface area contributed by atoms with Crippen molar-refractivity contribution in [2.24, 2.45) is 5.92 Å². The van der Waals surface area contributed by atoms with Crippen LogP contribution < -0.4 is 9.64 Å². The molecule has 4 heteroatoms. The molecular formula is C19H22N2O2. The predicted octanol–water partition coefficient (Wildman–Crippen LogP) is 3.71. The van der Waals surface area contributed by atoms with Crippen molar-refractivity contribution in [3.05, 3.63) is 29.8 Å². The van der Waals surface area contributed by atoms with Crippen molar-refractivity contribution in [3.63, 3.8) is 0 Å². The molecule has 1 aromatic carbocycles. The third kappa shape index (κ3) is 2.46. The third-order valence-corrected chi connectivity index (χ3v) is 5.17. The first-order valence-corrected chi connectivity index (χ1v) is 8.56. The number of anilines is 1. The molecule has 0 bridgehead atoms. The molecule has 2 aromatic rings. The van der Waals surface area contributed by atoms with Gasteiger partial charge in [0.15, 0.2) is 0 Å². The first-order valence-electron chi connectivity index (χ1n) is 8.56. The molecule has 0 unspecified atom stereocenters. The maximum atomic E-state index is 12.9. The van der Waals surface area contributed by atoms with Gasteiger partial charge in [-0.25, -0.2) is 4.98 Å². The Morgan fingerprint density at radius 2 is 2.09 bits per heavy atom. The molecular weight excluding hydrogens is 288 g/mol. The molecule has 120 valence electrons. The summed E-state index contributed by atoms with van der Waals surface area (Å²) in [5.74, 6) is 2.06. The highest BCUT2D eigenvalue weighted by molar-refractivity contribution is 5.98. The summed E-state index contributed by atoms with van der Waals surface area (Å²) in [4.78, 5) is 19.6. The van der Waals surface area contributed by atoms with Gasteiger partial charge in [-0.3, -0.25) is 9.69 Å². The molecule has 0 N–H and O–H groups in total. The van der Waals surface area contributed by atoms with E-state index in [1.165, 1.54) is 24.8 Å². The standard InChI is InChI=1S/C19H22N2O2/c1-23-16-9-5-8-14-12-15-10-11-21(18(15)20-17(14)16)19(22)13-6-3-2-4-7-13/h5,8-9,12-13H,2-4,6-7,10-11H2,1H3. The molecule has 0 saturated heterocycles. The van der Waals surface area contributed by atoms with Crippen molar-refractivity contribution in [2.45, 2.75) is 38.5 Å². The number of hydrogen-bond acceptors (Lipinski definition) is 3. The van der Waals surface area contributed by atoms with Crippen LogP contribution in [0, 0.1) is 5.92 Å². The Kier molecular flexibility index (Phi) is 3.68. The van der Waals surface area contributed by atoms with Gasteiger partial charge in [0.05, 0.1) is 7.11 Å². The maximum Gasteiger partial charge on any atom is 0.231 e. The zero-order valence-electron chi connectivity index (χ0n) is 13.5. The van der Waals surface area contributed by atoms with E-state index in [2.05, 4.69) is 12.1 Å². The van der Waals surface area contributed by atoms with Gasteiger partial charge in [0.1, 0.15) is 17.1 Å². The van der Waals surface area contributed by atoms with Crippen LogP contribution >= 0.6 is 0 Å². The van der Waals surface area contributed by atoms with Gasteiger partial charge in [0.25, 0.3) is 0 Å². The molecule has 1 aromatic heterocycles. The summed E-state index contributed by atoms with van der Waals surface area (Å²) in [5, 5.41) is 1.08. The summed E-state index contributed by atoms with van der Waals surface area (Å²) in [5.41, 5.74) is 2.02. The number of pyridine rings is 1. The van der Waals surface area contributed by atoms with E-state index in [9.17, 15) is 4.79 Å². The summed E-state index contributed by atoms with van der Waals surface area (Å²) < 4.78 is 5.43. The Bertz CT molecular complexity index is 750. The van der Waals surface area contributed by atoms with Crippen LogP contribution in [0.3, 0.4) is 0 Å². The van der Waals surface area contributed by atoms with Crippen molar-refractivity contribution in [3.8, 4) is 5.75 Å². The summed E-state index contributed by atoms with van der Waals surface area (Å²) in [6, 6.07) is 8.12. The first kappa shape index (κ1) is 14.5. The fourth-order valence-corrected chi connectivity index (χ4v) is 3.91. The van der Waals surface area contributed by atoms with Crippen LogP contribution in [0.1, 0.15) is 37.7 Å². The van der Waals surface area contributed by atoms with Crippen LogP contribution in [0.2, 0.25) is 0 Å². The van der Waals surface area contributed by atoms with Crippen molar-refractivity contribution in [1.29, 1.82) is 0 Å². The van der Waals surface area contributed by atoms with Crippen molar-refractivity contribution in [2.75, 3.05) is 18.6 Å². The highest BCUT2D eigenvalue weighted by atomic mass is 16.5. The van der Waals surface area contributed by atoms with Crippen molar-refractivity contribution in [1.82, 2.24) is 4.98 Å². The highest BCUT2D eigenvalue weighted by Gasteiger charge is 2.32. The molecule has 0 radical (unpaired) electrons. The second-order valence-corrected chi connectivity index (χ2v) is 6.58. The molecule has 0 spiro atoms. The third-order valence-electron chi connectivity index (χ3n) is 5.17. The van der Waals surface area contributed by atoms with E-state index in [1.54, 1.807) is 7.11 Å². The number of rotatable bonds is 2. The van der Waals surface area contributed by atoms with E-state index in [-0.39, 0.29) is 11.8 Å². The van der Waals surface area contributed by atoms with Crippen molar-refractivity contribution < 1.29 is 9.53 Å². The minimum absolute atomic E-state index is 0.185. The van der Waals surface area contributed by atoms with E-state index < -0.39 is 0 Å². The lowest BCUT2D eigenvalue weighted by Crippen LogP contribution is -2.36. The average Bonchev–Trinajstić information content (AvgIpc) is 3.02. The number of benzene rings is 1. The number of hydrogen-bond donors (Lipinski definition) is 0. The largest absolute Gasteiger partial charge is 0.494 e. The molecule has 1 fully saturated rings. The van der Waals surface area contributed by atoms with Gasteiger partial charge in [0, 0.05) is 17.8 Å². The molecule has 0 atom stereocenters. The second kappa shape index (κ2) is 5.84. The molecule has 23 heavy (non-hydrogen) atoms. The fraction of sp³-hybridized carbons (Fsp3) is 0.474. The van der Waals surface area contributed by atoms with Gasteiger partial charge in [-0.1, -0.05) is 31.4 Å². The second-order valence-electron chi connectivity index (χ2n) is 6.58. The smallest absolute Gasteiger partial charge is 0.231 e. The van der Waals surface area contributed by atoms with Crippen LogP contribution in [0.4, 0.5) is 5.82 Å². The minimum Gasteiger partial charge on any atom is -0.494 e. The molecule has 4 nitrogen and oxygen atoms in total. The quantitative estimate of drug-likeness (QED) is 0.849. The van der Waals surface area contributed by atoms with E-state index in [4.69, 9.17) is 9.72 Å². The van der Waals surface area contributed by atoms with E-state index in [0.717, 1.165) is 48.3 Å². The van der Waals surface area contributed by atoms with Gasteiger partial charge < -0.3 is 4.74 Å². The van der Waals surface area contributed by atoms with Crippen LogP contribution in [0.25, 0.3) is 10.9 Å². The van der Waals surface area contributed by atoms with E-state index in [1.807, 2.05) is 17.0 Å². The lowest BCUT2D eigenvalue weighted by atomic mass is 9.88. The molecule has 1 saturated carbocycles. The number of carbonyl (C=O) groups is 1. The number of methoxy groups -OCH3 is 1. The topological polar surface area (TPSA) is 42.4 Å². The Labute approximate surface area is 136 Å². The SMILES string of the molecule is COc1cccc2cc3c(nc12)N(C(=O)C1CCCCC1)CC3. The lowest BCUT2D eigenvalue weighted by molar-refractivity contribution is -0.123. The van der Waals surface area contributed by atoms with Crippen LogP contribution in [-0.4, -0.2) is 24.5 Å². The van der Waals surface area contributed by atoms with Crippen LogP contribution in [0.5, 0.6) is 5.75 Å². The Morgan fingerprint density at radius 1 is 1.26 bits per heavy atom. The van der Waals surface area contributed by atoms with Crippen LogP contribution in [0.15, 0.2) is 24.3 Å². The Morgan fingerprint density at radius 3 is 2.87 bits per heavy atom. The van der Waals surface area contributed by atoms with E-state index >= 15 is 0 Å². The summed E-state index contributed by atoms with van der Waals surface area (Å²) in [6.45, 7) is 0.760. The number of ether oxygens (including phenoxy) is 1.